The number of amides is 1. The lowest BCUT2D eigenvalue weighted by Crippen LogP contribution is -2.18. The highest BCUT2D eigenvalue weighted by Crippen LogP contribution is 2.32. The molecule has 0 heterocycles. The van der Waals surface area contributed by atoms with Crippen LogP contribution in [0.4, 0.5) is 4.79 Å². The van der Waals surface area contributed by atoms with Crippen molar-refractivity contribution in [1.29, 1.82) is 0 Å². The van der Waals surface area contributed by atoms with E-state index in [1.807, 2.05) is 0 Å². The zero-order valence-corrected chi connectivity index (χ0v) is 12.1. The normalized spacial score (nSPS) is 10.5. The van der Waals surface area contributed by atoms with E-state index in [1.54, 1.807) is 19.1 Å². The average molecular weight is 366 g/mol. The molecule has 1 aromatic rings. The summed E-state index contributed by atoms with van der Waals surface area (Å²) in [4.78, 5) is 10.9. The third-order valence-electron chi connectivity index (χ3n) is 1.68. The first-order valence-corrected chi connectivity index (χ1v) is 6.27. The maximum Gasteiger partial charge on any atom is 0.427 e. The molecule has 92 valence electrons. The number of phenolic OH excluding ortho intramolecular Hbond substituents is 1. The molecule has 0 aliphatic rings. The van der Waals surface area contributed by atoms with Gasteiger partial charge in [0.15, 0.2) is 0 Å². The van der Waals surface area contributed by atoms with Crippen molar-refractivity contribution >= 4 is 44.2 Å². The number of benzene rings is 1. The van der Waals surface area contributed by atoms with E-state index in [9.17, 15) is 9.90 Å². The summed E-state index contributed by atoms with van der Waals surface area (Å²) in [5.74, 6) is 0.112. The molecule has 0 saturated carbocycles. The molecule has 0 fully saturated rings. The Bertz CT molecular complexity index is 426. The molecule has 1 rings (SSSR count). The lowest BCUT2D eigenvalue weighted by Gasteiger charge is -2.02. The molecule has 0 unspecified atom stereocenters. The maximum absolute atomic E-state index is 10.9. The van der Waals surface area contributed by atoms with Crippen LogP contribution in [0.2, 0.25) is 0 Å². The van der Waals surface area contributed by atoms with E-state index < -0.39 is 6.09 Å². The summed E-state index contributed by atoms with van der Waals surface area (Å²) < 4.78 is 5.69. The zero-order valence-electron chi connectivity index (χ0n) is 8.91. The summed E-state index contributed by atoms with van der Waals surface area (Å²) in [5, 5.41) is 13.2. The highest BCUT2D eigenvalue weighted by Gasteiger charge is 2.04. The Morgan fingerprint density at radius 1 is 1.53 bits per heavy atom. The van der Waals surface area contributed by atoms with Crippen LogP contribution in [0.3, 0.4) is 0 Å². The van der Waals surface area contributed by atoms with E-state index in [1.165, 1.54) is 6.21 Å². The Morgan fingerprint density at radius 2 is 2.12 bits per heavy atom. The van der Waals surface area contributed by atoms with Gasteiger partial charge in [0.2, 0.25) is 0 Å². The van der Waals surface area contributed by atoms with Crippen LogP contribution < -0.4 is 5.43 Å². The minimum atomic E-state index is -0.611. The molecule has 0 spiro atoms. The number of carbonyl (C=O) groups is 1. The molecule has 0 aliphatic heterocycles. The predicted octanol–water partition coefficient (Wildman–Crippen LogP) is 3.00. The number of hydrogen-bond donors (Lipinski definition) is 2. The van der Waals surface area contributed by atoms with Gasteiger partial charge in [0.1, 0.15) is 5.75 Å². The zero-order chi connectivity index (χ0) is 12.8. The molecular weight excluding hydrogens is 356 g/mol. The predicted molar refractivity (Wildman–Crippen MR) is 71.3 cm³/mol. The van der Waals surface area contributed by atoms with Crippen LogP contribution >= 0.6 is 31.9 Å². The number of phenols is 1. The monoisotopic (exact) mass is 364 g/mol. The van der Waals surface area contributed by atoms with Gasteiger partial charge in [-0.2, -0.15) is 5.10 Å². The smallest absolute Gasteiger partial charge is 0.427 e. The van der Waals surface area contributed by atoms with Crippen molar-refractivity contribution in [1.82, 2.24) is 5.43 Å². The number of hydrogen-bond acceptors (Lipinski definition) is 4. The summed E-state index contributed by atoms with van der Waals surface area (Å²) in [6.07, 6.45) is 0.826. The van der Waals surface area contributed by atoms with Crippen molar-refractivity contribution in [2.75, 3.05) is 6.61 Å². The summed E-state index contributed by atoms with van der Waals surface area (Å²) in [6, 6.07) is 3.33. The number of ether oxygens (including phenoxy) is 1. The number of nitrogens with zero attached hydrogens (tertiary/aromatic N) is 1. The fraction of sp³-hybridized carbons (Fsp3) is 0.200. The molecule has 0 aromatic heterocycles. The van der Waals surface area contributed by atoms with Crippen molar-refractivity contribution in [2.24, 2.45) is 5.10 Å². The fourth-order valence-electron chi connectivity index (χ4n) is 0.983. The van der Waals surface area contributed by atoms with E-state index in [2.05, 4.69) is 47.1 Å². The quantitative estimate of drug-likeness (QED) is 0.638. The van der Waals surface area contributed by atoms with Crippen molar-refractivity contribution in [3.8, 4) is 5.75 Å². The van der Waals surface area contributed by atoms with Crippen LogP contribution in [-0.4, -0.2) is 24.0 Å². The molecular formula is C10H10Br2N2O3. The molecule has 7 heteroatoms. The van der Waals surface area contributed by atoms with E-state index >= 15 is 0 Å². The molecule has 0 bridgehead atoms. The summed E-state index contributed by atoms with van der Waals surface area (Å²) in [5.41, 5.74) is 2.91. The van der Waals surface area contributed by atoms with Crippen LogP contribution in [0, 0.1) is 0 Å². The molecule has 5 nitrogen and oxygen atoms in total. The number of nitrogens with one attached hydrogen (secondary N) is 1. The van der Waals surface area contributed by atoms with Crippen molar-refractivity contribution in [3.63, 3.8) is 0 Å². The highest BCUT2D eigenvalue weighted by molar-refractivity contribution is 9.11. The number of aromatic hydroxyl groups is 1. The first kappa shape index (κ1) is 14.0. The second-order valence-corrected chi connectivity index (χ2v) is 4.63. The van der Waals surface area contributed by atoms with Crippen molar-refractivity contribution < 1.29 is 14.6 Å². The lowest BCUT2D eigenvalue weighted by atomic mass is 10.2. The Kier molecular flexibility index (Phi) is 5.43. The fourth-order valence-corrected chi connectivity index (χ4v) is 2.20. The average Bonchev–Trinajstić information content (AvgIpc) is 2.26. The Hall–Kier alpha value is -1.08. The Balaban J connectivity index is 2.69. The number of carbonyl (C=O) groups excluding carboxylic acids is 1. The SMILES string of the molecule is CCOC(=O)N/N=C/c1cc(Br)c(O)c(Br)c1. The van der Waals surface area contributed by atoms with E-state index in [0.717, 1.165) is 0 Å². The van der Waals surface area contributed by atoms with Gasteiger partial charge in [0, 0.05) is 0 Å². The molecule has 0 atom stereocenters. The van der Waals surface area contributed by atoms with Gasteiger partial charge in [0.05, 0.1) is 21.8 Å². The van der Waals surface area contributed by atoms with Crippen molar-refractivity contribution in [3.05, 3.63) is 26.6 Å². The molecule has 1 amide bonds. The number of rotatable bonds is 3. The lowest BCUT2D eigenvalue weighted by molar-refractivity contribution is 0.152. The third-order valence-corrected chi connectivity index (χ3v) is 2.89. The van der Waals surface area contributed by atoms with Crippen LogP contribution in [0.1, 0.15) is 12.5 Å². The summed E-state index contributed by atoms with van der Waals surface area (Å²) in [6.45, 7) is 2.00. The molecule has 0 saturated heterocycles. The topological polar surface area (TPSA) is 70.9 Å². The minimum Gasteiger partial charge on any atom is -0.506 e. The van der Waals surface area contributed by atoms with Gasteiger partial charge in [-0.25, -0.2) is 10.2 Å². The first-order valence-electron chi connectivity index (χ1n) is 4.68. The van der Waals surface area contributed by atoms with Gasteiger partial charge in [-0.1, -0.05) is 0 Å². The Labute approximate surface area is 115 Å². The minimum absolute atomic E-state index is 0.112. The van der Waals surface area contributed by atoms with Crippen LogP contribution in [0.5, 0.6) is 5.75 Å². The second kappa shape index (κ2) is 6.61. The first-order chi connectivity index (χ1) is 8.04. The second-order valence-electron chi connectivity index (χ2n) is 2.92. The van der Waals surface area contributed by atoms with Gasteiger partial charge >= 0.3 is 6.09 Å². The van der Waals surface area contributed by atoms with Crippen molar-refractivity contribution in [2.45, 2.75) is 6.92 Å². The number of halogens is 2. The maximum atomic E-state index is 10.9. The molecule has 1 aromatic carbocycles. The molecule has 17 heavy (non-hydrogen) atoms. The summed E-state index contributed by atoms with van der Waals surface area (Å²) in [7, 11) is 0. The van der Waals surface area contributed by atoms with E-state index in [0.29, 0.717) is 14.5 Å². The molecule has 2 N–H and O–H groups in total. The highest BCUT2D eigenvalue weighted by atomic mass is 79.9. The largest absolute Gasteiger partial charge is 0.506 e. The summed E-state index contributed by atoms with van der Waals surface area (Å²) >= 11 is 6.38. The van der Waals surface area contributed by atoms with Crippen LogP contribution in [-0.2, 0) is 4.74 Å². The van der Waals surface area contributed by atoms with Gasteiger partial charge in [-0.05, 0) is 56.5 Å². The third kappa shape index (κ3) is 4.35. The number of hydrazone groups is 1. The van der Waals surface area contributed by atoms with Crippen LogP contribution in [0.15, 0.2) is 26.2 Å². The van der Waals surface area contributed by atoms with Gasteiger partial charge < -0.3 is 9.84 Å². The van der Waals surface area contributed by atoms with Gasteiger partial charge in [-0.3, -0.25) is 0 Å². The van der Waals surface area contributed by atoms with Crippen LogP contribution in [0.25, 0.3) is 0 Å². The molecule has 0 radical (unpaired) electrons. The van der Waals surface area contributed by atoms with E-state index in [4.69, 9.17) is 0 Å². The van der Waals surface area contributed by atoms with Gasteiger partial charge in [0.25, 0.3) is 0 Å². The van der Waals surface area contributed by atoms with E-state index in [-0.39, 0.29) is 12.4 Å². The Morgan fingerprint density at radius 3 is 2.65 bits per heavy atom. The molecule has 0 aliphatic carbocycles. The van der Waals surface area contributed by atoms with Gasteiger partial charge in [-0.15, -0.1) is 0 Å². The standard InChI is InChI=1S/C10H10Br2N2O3/c1-2-17-10(16)14-13-5-6-3-7(11)9(15)8(12)4-6/h3-5,15H,2H2,1H3,(H,14,16)/b13-5+.